The van der Waals surface area contributed by atoms with Gasteiger partial charge in [0.2, 0.25) is 5.95 Å². The van der Waals surface area contributed by atoms with Gasteiger partial charge in [-0.25, -0.2) is 14.6 Å². The van der Waals surface area contributed by atoms with Gasteiger partial charge < -0.3 is 29.3 Å². The van der Waals surface area contributed by atoms with E-state index >= 15 is 0 Å². The van der Waals surface area contributed by atoms with Crippen LogP contribution in [0.15, 0.2) is 36.4 Å². The Balaban J connectivity index is 0.000000343. The molecule has 30 heavy (non-hydrogen) atoms. The third-order valence-electron chi connectivity index (χ3n) is 4.67. The van der Waals surface area contributed by atoms with Crippen molar-refractivity contribution in [2.24, 2.45) is 0 Å². The second kappa shape index (κ2) is 11.9. The van der Waals surface area contributed by atoms with Crippen molar-refractivity contribution < 1.29 is 24.5 Å². The largest absolute Gasteiger partial charge is 0.478 e. The summed E-state index contributed by atoms with van der Waals surface area (Å²) in [6.07, 6.45) is 2.30. The number of carboxylic acid groups (broad SMARTS) is 2. The maximum atomic E-state index is 9.55. The molecule has 0 radical (unpaired) electrons. The predicted octanol–water partition coefficient (Wildman–Crippen LogP) is 1.93. The van der Waals surface area contributed by atoms with Crippen molar-refractivity contribution >= 4 is 28.9 Å². The molecule has 2 heterocycles. The second-order valence-electron chi connectivity index (χ2n) is 6.90. The van der Waals surface area contributed by atoms with Crippen LogP contribution in [-0.2, 0) is 20.9 Å². The number of benzene rings is 1. The van der Waals surface area contributed by atoms with Gasteiger partial charge in [-0.3, -0.25) is 0 Å². The Morgan fingerprint density at radius 1 is 1.10 bits per heavy atom. The number of aromatic nitrogens is 2. The number of fused-ring (bicyclic) bond motifs is 1. The smallest absolute Gasteiger partial charge is 0.328 e. The lowest BCUT2D eigenvalue weighted by Gasteiger charge is -2.23. The molecule has 1 fully saturated rings. The molecule has 1 aliphatic rings. The summed E-state index contributed by atoms with van der Waals surface area (Å²) in [5, 5.41) is 15.6. The lowest BCUT2D eigenvalue weighted by molar-refractivity contribution is -0.134. The molecule has 3 rings (SSSR count). The van der Waals surface area contributed by atoms with Crippen LogP contribution in [0.3, 0.4) is 0 Å². The molecule has 9 nitrogen and oxygen atoms in total. The van der Waals surface area contributed by atoms with Crippen molar-refractivity contribution in [3.05, 3.63) is 36.4 Å². The molecular weight excluding hydrogens is 388 g/mol. The summed E-state index contributed by atoms with van der Waals surface area (Å²) in [4.78, 5) is 28.8. The molecule has 0 bridgehead atoms. The predicted molar refractivity (Wildman–Crippen MR) is 115 cm³/mol. The zero-order valence-corrected chi connectivity index (χ0v) is 17.5. The fourth-order valence-electron chi connectivity index (χ4n) is 3.21. The van der Waals surface area contributed by atoms with E-state index in [4.69, 9.17) is 19.9 Å². The average molecular weight is 418 g/mol. The third-order valence-corrected chi connectivity index (χ3v) is 4.67. The molecule has 0 saturated carbocycles. The molecule has 1 aromatic heterocycles. The minimum atomic E-state index is -1.26. The minimum absolute atomic E-state index is 0.558. The van der Waals surface area contributed by atoms with Crippen LogP contribution >= 0.6 is 0 Å². The van der Waals surface area contributed by atoms with Gasteiger partial charge in [-0.05, 0) is 39.1 Å². The van der Waals surface area contributed by atoms with Gasteiger partial charge in [-0.1, -0.05) is 12.1 Å². The fraction of sp³-hybridized carbons (Fsp3) is 0.476. The van der Waals surface area contributed by atoms with E-state index in [0.29, 0.717) is 12.2 Å². The first-order valence-electron chi connectivity index (χ1n) is 10.0. The highest BCUT2D eigenvalue weighted by atomic mass is 16.5. The number of ether oxygens (including phenoxy) is 1. The van der Waals surface area contributed by atoms with Crippen LogP contribution in [0, 0.1) is 0 Å². The number of likely N-dealkylation sites (N-methyl/N-ethyl adjacent to an activating group) is 1. The number of carbonyl (C=O) groups is 2. The highest BCUT2D eigenvalue weighted by Gasteiger charge is 2.19. The summed E-state index contributed by atoms with van der Waals surface area (Å²) in [7, 11) is 2.20. The molecular formula is C21H30N4O5. The second-order valence-corrected chi connectivity index (χ2v) is 6.90. The van der Waals surface area contributed by atoms with Gasteiger partial charge in [0, 0.05) is 44.9 Å². The number of hydrogen-bond donors (Lipinski definition) is 2. The van der Waals surface area contributed by atoms with Crippen molar-refractivity contribution in [3.8, 4) is 0 Å². The van der Waals surface area contributed by atoms with Gasteiger partial charge in [-0.15, -0.1) is 0 Å². The first kappa shape index (κ1) is 23.4. The van der Waals surface area contributed by atoms with Gasteiger partial charge in [0.15, 0.2) is 0 Å². The van der Waals surface area contributed by atoms with E-state index < -0.39 is 11.9 Å². The molecule has 1 aliphatic heterocycles. The Hall–Kier alpha value is -2.91. The van der Waals surface area contributed by atoms with Crippen molar-refractivity contribution in [2.45, 2.75) is 19.9 Å². The molecule has 0 amide bonds. The topological polar surface area (TPSA) is 108 Å². The van der Waals surface area contributed by atoms with E-state index in [2.05, 4.69) is 45.7 Å². The molecule has 1 saturated heterocycles. The first-order valence-corrected chi connectivity index (χ1v) is 10.0. The quantitative estimate of drug-likeness (QED) is 0.519. The summed E-state index contributed by atoms with van der Waals surface area (Å²) in [6, 6.07) is 8.39. The molecule has 164 valence electrons. The van der Waals surface area contributed by atoms with Crippen molar-refractivity contribution in [2.75, 3.05) is 51.3 Å². The van der Waals surface area contributed by atoms with Gasteiger partial charge in [-0.2, -0.15) is 0 Å². The highest BCUT2D eigenvalue weighted by molar-refractivity contribution is 5.89. The van der Waals surface area contributed by atoms with Gasteiger partial charge in [0.25, 0.3) is 0 Å². The number of nitrogens with zero attached hydrogens (tertiary/aromatic N) is 4. The van der Waals surface area contributed by atoms with E-state index in [0.717, 1.165) is 57.4 Å². The number of carboxylic acids is 2. The number of para-hydroxylation sites is 2. The molecule has 1 aromatic carbocycles. The molecule has 0 spiro atoms. The van der Waals surface area contributed by atoms with E-state index in [-0.39, 0.29) is 0 Å². The van der Waals surface area contributed by atoms with E-state index in [1.165, 1.54) is 11.9 Å². The summed E-state index contributed by atoms with van der Waals surface area (Å²) in [5.41, 5.74) is 2.28. The number of hydrogen-bond acceptors (Lipinski definition) is 6. The Morgan fingerprint density at radius 3 is 2.47 bits per heavy atom. The van der Waals surface area contributed by atoms with Crippen molar-refractivity contribution in [1.29, 1.82) is 0 Å². The van der Waals surface area contributed by atoms with Gasteiger partial charge >= 0.3 is 11.9 Å². The lowest BCUT2D eigenvalue weighted by Crippen LogP contribution is -2.31. The normalized spacial score (nSPS) is 15.1. The molecule has 0 atom stereocenters. The standard InChI is InChI=1S/C17H26N4O.C4H4O4/c1-3-22-14-13-21-16-8-5-4-7-15(16)18-17(21)20-10-6-9-19(2)11-12-20;5-3(6)1-2-4(7)8/h4-5,7-8H,3,6,9-14H2,1-2H3;1-2H,(H,5,6)(H,7,8)/b;2-1-. The molecule has 0 unspecified atom stereocenters. The van der Waals surface area contributed by atoms with Gasteiger partial charge in [0.05, 0.1) is 17.6 Å². The first-order chi connectivity index (χ1) is 14.4. The third kappa shape index (κ3) is 7.16. The maximum Gasteiger partial charge on any atom is 0.328 e. The average Bonchev–Trinajstić information content (AvgIpc) is 2.94. The molecule has 9 heteroatoms. The number of anilines is 1. The summed E-state index contributed by atoms with van der Waals surface area (Å²) in [6.45, 7) is 8.75. The SMILES string of the molecule is CCOCCn1c(N2CCCN(C)CC2)nc2ccccc21.O=C(O)/C=C\C(=O)O. The van der Waals surface area contributed by atoms with E-state index in [1.54, 1.807) is 0 Å². The molecule has 0 aliphatic carbocycles. The van der Waals surface area contributed by atoms with E-state index in [1.807, 2.05) is 6.92 Å². The molecule has 2 aromatic rings. The summed E-state index contributed by atoms with van der Waals surface area (Å²) >= 11 is 0. The zero-order chi connectivity index (χ0) is 21.9. The van der Waals surface area contributed by atoms with Crippen molar-refractivity contribution in [1.82, 2.24) is 14.5 Å². The lowest BCUT2D eigenvalue weighted by atomic mass is 10.3. The van der Waals surface area contributed by atoms with Crippen LogP contribution in [0.25, 0.3) is 11.0 Å². The van der Waals surface area contributed by atoms with Gasteiger partial charge in [0.1, 0.15) is 0 Å². The van der Waals surface area contributed by atoms with Crippen molar-refractivity contribution in [3.63, 3.8) is 0 Å². The number of imidazole rings is 1. The van der Waals surface area contributed by atoms with Crippen LogP contribution in [0.2, 0.25) is 0 Å². The summed E-state index contributed by atoms with van der Waals surface area (Å²) < 4.78 is 7.88. The Bertz CT molecular complexity index is 848. The Labute approximate surface area is 176 Å². The number of rotatable bonds is 7. The number of aliphatic carboxylic acids is 2. The van der Waals surface area contributed by atoms with E-state index in [9.17, 15) is 9.59 Å². The maximum absolute atomic E-state index is 9.55. The fourth-order valence-corrected chi connectivity index (χ4v) is 3.21. The molecule has 2 N–H and O–H groups in total. The Kier molecular flexibility index (Phi) is 9.30. The Morgan fingerprint density at radius 2 is 1.80 bits per heavy atom. The summed E-state index contributed by atoms with van der Waals surface area (Å²) in [5.74, 6) is -1.42. The zero-order valence-electron chi connectivity index (χ0n) is 17.5. The monoisotopic (exact) mass is 418 g/mol. The van der Waals surface area contributed by atoms with Crippen LogP contribution in [-0.4, -0.2) is 83.0 Å². The minimum Gasteiger partial charge on any atom is -0.478 e. The van der Waals surface area contributed by atoms with Crippen LogP contribution < -0.4 is 4.90 Å². The highest BCUT2D eigenvalue weighted by Crippen LogP contribution is 2.23. The van der Waals surface area contributed by atoms with Crippen LogP contribution in [0.1, 0.15) is 13.3 Å². The van der Waals surface area contributed by atoms with Crippen LogP contribution in [0.4, 0.5) is 5.95 Å². The van der Waals surface area contributed by atoms with Crippen LogP contribution in [0.5, 0.6) is 0 Å².